The van der Waals surface area contributed by atoms with Gasteiger partial charge in [0, 0.05) is 11.6 Å². The average molecular weight is 385 g/mol. The van der Waals surface area contributed by atoms with E-state index in [1.165, 1.54) is 6.20 Å². The van der Waals surface area contributed by atoms with Crippen LogP contribution in [0.2, 0.25) is 5.02 Å². The summed E-state index contributed by atoms with van der Waals surface area (Å²) in [5.74, 6) is -1.09. The van der Waals surface area contributed by atoms with E-state index in [0.29, 0.717) is 16.1 Å². The number of fused-ring (bicyclic) bond motifs is 1. The Balaban J connectivity index is 1.63. The highest BCUT2D eigenvalue weighted by Crippen LogP contribution is 2.10. The monoisotopic (exact) mass is 384 g/mol. The van der Waals surface area contributed by atoms with Crippen LogP contribution in [-0.2, 0) is 11.3 Å². The normalized spacial score (nSPS) is 11.8. The summed E-state index contributed by atoms with van der Waals surface area (Å²) in [5.41, 5.74) is 2.14. The fourth-order valence-corrected chi connectivity index (χ4v) is 2.53. The highest BCUT2D eigenvalue weighted by atomic mass is 35.5. The molecule has 138 valence electrons. The van der Waals surface area contributed by atoms with E-state index >= 15 is 0 Å². The van der Waals surface area contributed by atoms with Crippen molar-refractivity contribution in [3.63, 3.8) is 0 Å². The molecule has 7 nitrogen and oxygen atoms in total. The van der Waals surface area contributed by atoms with Crippen molar-refractivity contribution in [2.24, 2.45) is 0 Å². The Kier molecular flexibility index (Phi) is 5.95. The zero-order valence-electron chi connectivity index (χ0n) is 14.2. The quantitative estimate of drug-likeness (QED) is 0.600. The van der Waals surface area contributed by atoms with Gasteiger partial charge < -0.3 is 15.7 Å². The number of aliphatic hydroxyl groups is 1. The molecule has 0 saturated heterocycles. The first-order valence-electron chi connectivity index (χ1n) is 8.22. The molecule has 0 aliphatic rings. The van der Waals surface area contributed by atoms with Crippen LogP contribution in [0, 0.1) is 0 Å². The highest BCUT2D eigenvalue weighted by molar-refractivity contribution is 6.30. The molecule has 1 aromatic heterocycles. The van der Waals surface area contributed by atoms with E-state index in [1.807, 2.05) is 6.07 Å². The molecule has 0 spiro atoms. The van der Waals surface area contributed by atoms with Gasteiger partial charge in [-0.1, -0.05) is 35.9 Å². The largest absolute Gasteiger partial charge is 0.394 e. The van der Waals surface area contributed by atoms with E-state index in [1.54, 1.807) is 42.5 Å². The van der Waals surface area contributed by atoms with Crippen LogP contribution in [0.5, 0.6) is 0 Å². The number of carbonyl (C=O) groups is 2. The molecule has 3 N–H and O–H groups in total. The fraction of sp³-hybridized carbons (Fsp3) is 0.158. The lowest BCUT2D eigenvalue weighted by Crippen LogP contribution is -2.48. The van der Waals surface area contributed by atoms with Crippen molar-refractivity contribution in [2.75, 3.05) is 6.61 Å². The third-order valence-corrected chi connectivity index (χ3v) is 4.12. The van der Waals surface area contributed by atoms with E-state index in [4.69, 9.17) is 11.6 Å². The van der Waals surface area contributed by atoms with Gasteiger partial charge in [-0.25, -0.2) is 4.98 Å². The molecule has 1 heterocycles. The van der Waals surface area contributed by atoms with Crippen LogP contribution in [0.4, 0.5) is 0 Å². The summed E-state index contributed by atoms with van der Waals surface area (Å²) in [4.78, 5) is 33.0. The van der Waals surface area contributed by atoms with Crippen molar-refractivity contribution in [1.82, 2.24) is 20.6 Å². The number of nitrogens with one attached hydrogen (secondary N) is 2. The predicted molar refractivity (Wildman–Crippen MR) is 101 cm³/mol. The number of hydrogen-bond acceptors (Lipinski definition) is 5. The summed E-state index contributed by atoms with van der Waals surface area (Å²) in [6.07, 6.45) is 1.33. The molecule has 2 aromatic carbocycles. The van der Waals surface area contributed by atoms with Gasteiger partial charge in [-0.05, 0) is 29.8 Å². The number of hydrogen-bond donors (Lipinski definition) is 3. The molecule has 0 bridgehead atoms. The lowest BCUT2D eigenvalue weighted by atomic mass is 10.2. The first-order chi connectivity index (χ1) is 13.1. The first kappa shape index (κ1) is 18.8. The van der Waals surface area contributed by atoms with Crippen LogP contribution in [0.1, 0.15) is 16.1 Å². The van der Waals surface area contributed by atoms with E-state index in [0.717, 1.165) is 5.56 Å². The third kappa shape index (κ3) is 4.78. The molecule has 8 heteroatoms. The van der Waals surface area contributed by atoms with Gasteiger partial charge in [-0.2, -0.15) is 0 Å². The number of benzene rings is 2. The number of nitrogens with zero attached hydrogens (tertiary/aromatic N) is 2. The molecule has 0 radical (unpaired) electrons. The summed E-state index contributed by atoms with van der Waals surface area (Å²) in [6, 6.07) is 13.0. The maximum absolute atomic E-state index is 12.4. The molecular formula is C19H17ClN4O3. The predicted octanol–water partition coefficient (Wildman–Crippen LogP) is 1.69. The standard InChI is InChI=1S/C19H17ClN4O3/c20-13-7-5-12(6-8-13)9-22-18(26)17(11-25)24-19(27)16-10-21-14-3-1-2-4-15(14)23-16/h1-8,10,17,25H,9,11H2,(H,22,26)(H,24,27). The van der Waals surface area contributed by atoms with E-state index < -0.39 is 24.5 Å². The second kappa shape index (κ2) is 8.57. The van der Waals surface area contributed by atoms with Crippen molar-refractivity contribution >= 4 is 34.4 Å². The van der Waals surface area contributed by atoms with Gasteiger partial charge >= 0.3 is 0 Å². The number of halogens is 1. The number of rotatable bonds is 6. The second-order valence-electron chi connectivity index (χ2n) is 5.80. The maximum atomic E-state index is 12.4. The number of carbonyl (C=O) groups excluding carboxylic acids is 2. The van der Waals surface area contributed by atoms with Gasteiger partial charge in [-0.15, -0.1) is 0 Å². The van der Waals surface area contributed by atoms with Crippen LogP contribution < -0.4 is 10.6 Å². The zero-order valence-corrected chi connectivity index (χ0v) is 15.0. The van der Waals surface area contributed by atoms with Gasteiger partial charge in [0.05, 0.1) is 23.8 Å². The van der Waals surface area contributed by atoms with Gasteiger partial charge in [0.25, 0.3) is 5.91 Å². The molecule has 1 atom stereocenters. The minimum atomic E-state index is -1.10. The maximum Gasteiger partial charge on any atom is 0.272 e. The third-order valence-electron chi connectivity index (χ3n) is 3.87. The van der Waals surface area contributed by atoms with Crippen LogP contribution in [0.15, 0.2) is 54.7 Å². The molecule has 3 rings (SSSR count). The Bertz CT molecular complexity index is 963. The van der Waals surface area contributed by atoms with Crippen molar-refractivity contribution in [3.8, 4) is 0 Å². The van der Waals surface area contributed by atoms with E-state index in [-0.39, 0.29) is 12.2 Å². The summed E-state index contributed by atoms with van der Waals surface area (Å²) in [7, 11) is 0. The summed E-state index contributed by atoms with van der Waals surface area (Å²) < 4.78 is 0. The SMILES string of the molecule is O=C(NC(CO)C(=O)NCc1ccc(Cl)cc1)c1cnc2ccccc2n1. The van der Waals surface area contributed by atoms with Crippen molar-refractivity contribution in [3.05, 3.63) is 71.0 Å². The second-order valence-corrected chi connectivity index (χ2v) is 6.23. The van der Waals surface area contributed by atoms with Crippen molar-refractivity contribution < 1.29 is 14.7 Å². The Hall–Kier alpha value is -3.03. The van der Waals surface area contributed by atoms with Gasteiger partial charge in [0.1, 0.15) is 11.7 Å². The number of para-hydroxylation sites is 2. The number of aromatic nitrogens is 2. The molecule has 1 unspecified atom stereocenters. The van der Waals surface area contributed by atoms with Gasteiger partial charge in [0.15, 0.2) is 0 Å². The molecule has 0 saturated carbocycles. The number of aliphatic hydroxyl groups excluding tert-OH is 1. The zero-order chi connectivity index (χ0) is 19.2. The molecular weight excluding hydrogens is 368 g/mol. The Morgan fingerprint density at radius 2 is 1.78 bits per heavy atom. The highest BCUT2D eigenvalue weighted by Gasteiger charge is 2.21. The minimum absolute atomic E-state index is 0.0673. The summed E-state index contributed by atoms with van der Waals surface area (Å²) in [5, 5.41) is 15.2. The van der Waals surface area contributed by atoms with Crippen LogP contribution in [0.25, 0.3) is 11.0 Å². The lowest BCUT2D eigenvalue weighted by molar-refractivity contribution is -0.124. The number of amides is 2. The Morgan fingerprint density at radius 1 is 1.07 bits per heavy atom. The Morgan fingerprint density at radius 3 is 2.48 bits per heavy atom. The van der Waals surface area contributed by atoms with Gasteiger partial charge in [0.2, 0.25) is 5.91 Å². The molecule has 0 aliphatic heterocycles. The average Bonchev–Trinajstić information content (AvgIpc) is 2.70. The van der Waals surface area contributed by atoms with Crippen LogP contribution in [-0.4, -0.2) is 39.5 Å². The molecule has 2 amide bonds. The molecule has 0 fully saturated rings. The summed E-state index contributed by atoms with van der Waals surface area (Å²) >= 11 is 5.82. The van der Waals surface area contributed by atoms with E-state index in [9.17, 15) is 14.7 Å². The molecule has 3 aromatic rings. The van der Waals surface area contributed by atoms with Crippen LogP contribution >= 0.6 is 11.6 Å². The molecule has 0 aliphatic carbocycles. The van der Waals surface area contributed by atoms with E-state index in [2.05, 4.69) is 20.6 Å². The van der Waals surface area contributed by atoms with Crippen molar-refractivity contribution in [1.29, 1.82) is 0 Å². The Labute approximate surface area is 160 Å². The summed E-state index contributed by atoms with van der Waals surface area (Å²) in [6.45, 7) is -0.294. The molecule has 27 heavy (non-hydrogen) atoms. The van der Waals surface area contributed by atoms with Gasteiger partial charge in [-0.3, -0.25) is 14.6 Å². The lowest BCUT2D eigenvalue weighted by Gasteiger charge is -2.16. The minimum Gasteiger partial charge on any atom is -0.394 e. The van der Waals surface area contributed by atoms with Crippen LogP contribution in [0.3, 0.4) is 0 Å². The smallest absolute Gasteiger partial charge is 0.272 e. The van der Waals surface area contributed by atoms with Crippen molar-refractivity contribution in [2.45, 2.75) is 12.6 Å². The topological polar surface area (TPSA) is 104 Å². The first-order valence-corrected chi connectivity index (χ1v) is 8.60. The fourth-order valence-electron chi connectivity index (χ4n) is 2.41.